The van der Waals surface area contributed by atoms with E-state index < -0.39 is 67.0 Å². The molecular formula is C96H97ClF2N12O10S4. The number of fused-ring (bicyclic) bond motifs is 4. The van der Waals surface area contributed by atoms with Gasteiger partial charge < -0.3 is 10.4 Å². The Morgan fingerprint density at radius 1 is 0.384 bits per heavy atom. The summed E-state index contributed by atoms with van der Waals surface area (Å²) in [6.45, 7) is 31.0. The van der Waals surface area contributed by atoms with Crippen molar-refractivity contribution in [2.45, 2.75) is 175 Å². The van der Waals surface area contributed by atoms with Crippen LogP contribution in [0.3, 0.4) is 0 Å². The van der Waals surface area contributed by atoms with Gasteiger partial charge in [-0.15, -0.1) is 0 Å². The first-order chi connectivity index (χ1) is 58.6. The maximum Gasteiger partial charge on any atom is 0.225 e. The highest BCUT2D eigenvalue weighted by Crippen LogP contribution is 2.37. The summed E-state index contributed by atoms with van der Waals surface area (Å²) >= 11 is 6.43. The number of halogens is 3. The molecule has 0 saturated heterocycles. The van der Waals surface area contributed by atoms with Crippen molar-refractivity contribution in [2.24, 2.45) is 0 Å². The number of hydrogen-bond donors (Lipinski definition) is 0. The molecule has 646 valence electrons. The molecule has 16 aromatic rings. The molecule has 16 rings (SSSR count). The van der Waals surface area contributed by atoms with Gasteiger partial charge in [0.15, 0.2) is 57.9 Å². The van der Waals surface area contributed by atoms with E-state index in [1.807, 2.05) is 151 Å². The van der Waals surface area contributed by atoms with Crippen LogP contribution in [0.2, 0.25) is 5.02 Å². The molecule has 0 amide bonds. The van der Waals surface area contributed by atoms with Gasteiger partial charge in [-0.3, -0.25) is 9.97 Å². The first-order valence-electron chi connectivity index (χ1n) is 40.2. The lowest BCUT2D eigenvalue weighted by molar-refractivity contribution is -0.603. The van der Waals surface area contributed by atoms with Gasteiger partial charge in [-0.25, -0.2) is 61.2 Å². The number of aromatic nitrogens is 12. The normalized spacial score (nSPS) is 12.4. The molecule has 8 aromatic heterocycles. The Morgan fingerprint density at radius 3 is 1.25 bits per heavy atom. The second kappa shape index (κ2) is 35.1. The molecule has 0 fully saturated rings. The summed E-state index contributed by atoms with van der Waals surface area (Å²) in [6.07, 6.45) is 9.45. The van der Waals surface area contributed by atoms with Crippen molar-refractivity contribution in [2.75, 3.05) is 0 Å². The third-order valence-electron chi connectivity index (χ3n) is 21.1. The smallest absolute Gasteiger partial charge is 0.225 e. The standard InChI is InChI=1S/C24H24ClN3O2S.C24H23F2N3O2S.2C24H25N3O3S/c1-16-13-17(28(27-16)23-9-5-8-22-19(23)7-6-12-26-22)15-31(29,30)18-10-11-20(21(25)14-18)24(2,3)4;1-15-10-17(29(28-15)22-7-5-6-16-13-27-9-8-19(16)22)14-32(30,31)18-11-20(25)23(21(26)12-18)24(2,3)4;1-17-15-19(16-31(29,30)20-12-10-18(11-13-20)24(2,3)4)27(25-17)23-9-5-8-22-21(23)7-6-14-26(22)28;1-17-14-20(16-31(29,30)21-10-8-19(9-11-21)24(2,3)4)27(25-17)23-7-5-6-18-15-26(28)13-12-22(18)23/h5-14H,15H2,1-4H3;5-13H,14H2,1-4H3;2*5-15H,16H2,1-4H3. The maximum absolute atomic E-state index is 14.7. The van der Waals surface area contributed by atoms with Crippen molar-refractivity contribution in [3.63, 3.8) is 0 Å². The predicted octanol–water partition coefficient (Wildman–Crippen LogP) is 19.4. The summed E-state index contributed by atoms with van der Waals surface area (Å²) in [5, 5.41) is 47.3. The number of rotatable bonds is 16. The molecule has 0 bridgehead atoms. The van der Waals surface area contributed by atoms with E-state index in [0.29, 0.717) is 61.5 Å². The lowest BCUT2D eigenvalue weighted by atomic mass is 9.86. The minimum absolute atomic E-state index is 0.0470. The summed E-state index contributed by atoms with van der Waals surface area (Å²) in [5.74, 6) is -2.75. The molecule has 0 atom stereocenters. The van der Waals surface area contributed by atoms with Crippen molar-refractivity contribution in [3.8, 4) is 22.7 Å². The summed E-state index contributed by atoms with van der Waals surface area (Å²) < 4.78 is 143. The first-order valence-corrected chi connectivity index (χ1v) is 47.2. The summed E-state index contributed by atoms with van der Waals surface area (Å²) in [4.78, 5) is 8.88. The number of aryl methyl sites for hydroxylation is 4. The van der Waals surface area contributed by atoms with E-state index in [-0.39, 0.29) is 53.8 Å². The van der Waals surface area contributed by atoms with Crippen LogP contribution < -0.4 is 9.46 Å². The quantitative estimate of drug-likeness (QED) is 0.0641. The summed E-state index contributed by atoms with van der Waals surface area (Å²) in [6, 6.07) is 61.0. The molecular weight excluding hydrogens is 1680 g/mol. The van der Waals surface area contributed by atoms with Gasteiger partial charge in [0.25, 0.3) is 0 Å². The van der Waals surface area contributed by atoms with Gasteiger partial charge in [0, 0.05) is 74.3 Å². The maximum atomic E-state index is 14.7. The SMILES string of the molecule is Cc1cc(CS(=O)(=O)c2cc(F)c(C(C)(C)C)c(F)c2)n(-c2cccc3cnccc23)n1.Cc1cc(CS(=O)(=O)c2ccc(C(C)(C)C)c(Cl)c2)n(-c2cccc3ncccc23)n1.Cc1cc(CS(=O)(=O)c2ccc(C(C)(C)C)cc2)n(-c2cccc3c2ccc[n+]3[O-])n1.Cc1cc(CS(=O)(=O)c2ccc(C(C)(C)C)cc2)n(-c2cccc3c[n+]([O-])ccc23)n1. The lowest BCUT2D eigenvalue weighted by Gasteiger charge is -2.21. The number of nitrogens with zero attached hydrogens (tertiary/aromatic N) is 12. The fourth-order valence-corrected chi connectivity index (χ4v) is 20.8. The molecule has 125 heavy (non-hydrogen) atoms. The van der Waals surface area contributed by atoms with Crippen LogP contribution in [0.1, 0.15) is 151 Å². The van der Waals surface area contributed by atoms with Gasteiger partial charge in [0.2, 0.25) is 5.52 Å². The van der Waals surface area contributed by atoms with Crippen molar-refractivity contribution >= 4 is 94.3 Å². The fourth-order valence-electron chi connectivity index (χ4n) is 15.0. The van der Waals surface area contributed by atoms with E-state index in [1.165, 1.54) is 18.6 Å². The molecule has 0 unspecified atom stereocenters. The minimum atomic E-state index is -4.04. The zero-order valence-electron chi connectivity index (χ0n) is 72.2. The van der Waals surface area contributed by atoms with Crippen molar-refractivity contribution in [1.29, 1.82) is 0 Å². The van der Waals surface area contributed by atoms with Crippen LogP contribution >= 0.6 is 11.6 Å². The Kier molecular flexibility index (Phi) is 25.4. The molecule has 0 aliphatic rings. The minimum Gasteiger partial charge on any atom is -0.619 e. The van der Waals surface area contributed by atoms with Crippen LogP contribution in [-0.4, -0.2) is 82.8 Å². The highest BCUT2D eigenvalue weighted by atomic mass is 35.5. The molecule has 8 heterocycles. The third-order valence-corrected chi connectivity index (χ3v) is 28.0. The van der Waals surface area contributed by atoms with Crippen LogP contribution in [0, 0.1) is 49.7 Å². The molecule has 0 aliphatic heterocycles. The van der Waals surface area contributed by atoms with Gasteiger partial charge in [-0.2, -0.15) is 29.9 Å². The van der Waals surface area contributed by atoms with Crippen LogP contribution in [0.5, 0.6) is 0 Å². The second-order valence-electron chi connectivity index (χ2n) is 35.1. The molecule has 29 heteroatoms. The zero-order valence-corrected chi connectivity index (χ0v) is 76.2. The van der Waals surface area contributed by atoms with Crippen LogP contribution in [-0.2, 0) is 84.0 Å². The third kappa shape index (κ3) is 20.3. The second-order valence-corrected chi connectivity index (χ2v) is 43.5. The van der Waals surface area contributed by atoms with Crippen molar-refractivity contribution in [1.82, 2.24) is 49.1 Å². The van der Waals surface area contributed by atoms with E-state index in [2.05, 4.69) is 71.9 Å². The number of benzene rings is 8. The van der Waals surface area contributed by atoms with Gasteiger partial charge in [-0.05, 0) is 200 Å². The molecule has 22 nitrogen and oxygen atoms in total. The van der Waals surface area contributed by atoms with E-state index in [0.717, 1.165) is 93.5 Å². The monoisotopic (exact) mass is 1780 g/mol. The molecule has 0 saturated carbocycles. The summed E-state index contributed by atoms with van der Waals surface area (Å²) in [5.41, 5.74) is 11.0. The van der Waals surface area contributed by atoms with E-state index >= 15 is 0 Å². The Labute approximate surface area is 732 Å². The largest absolute Gasteiger partial charge is 0.619 e. The van der Waals surface area contributed by atoms with Crippen molar-refractivity contribution in [3.05, 3.63) is 344 Å². The molecule has 0 spiro atoms. The van der Waals surface area contributed by atoms with E-state index in [9.17, 15) is 52.9 Å². The Balaban J connectivity index is 0.000000143. The Hall–Kier alpha value is -12.2. The van der Waals surface area contributed by atoms with Gasteiger partial charge in [0.1, 0.15) is 11.6 Å². The average Bonchev–Trinajstić information content (AvgIpc) is 0.985. The zero-order chi connectivity index (χ0) is 90.4. The van der Waals surface area contributed by atoms with Gasteiger partial charge in [0.05, 0.1) is 122 Å². The van der Waals surface area contributed by atoms with Crippen LogP contribution in [0.25, 0.3) is 66.1 Å². The lowest BCUT2D eigenvalue weighted by Crippen LogP contribution is -2.26. The topological polar surface area (TPSA) is 287 Å². The highest BCUT2D eigenvalue weighted by Gasteiger charge is 2.31. The number of sulfone groups is 4. The molecule has 0 radical (unpaired) electrons. The van der Waals surface area contributed by atoms with Gasteiger partial charge >= 0.3 is 0 Å². The van der Waals surface area contributed by atoms with Crippen LogP contribution in [0.4, 0.5) is 8.78 Å². The number of pyridine rings is 4. The molecule has 0 aliphatic carbocycles. The van der Waals surface area contributed by atoms with E-state index in [4.69, 9.17) is 11.6 Å². The van der Waals surface area contributed by atoms with E-state index in [1.54, 1.807) is 156 Å². The van der Waals surface area contributed by atoms with Crippen molar-refractivity contribution < 1.29 is 51.9 Å². The molecule has 8 aromatic carbocycles. The Morgan fingerprint density at radius 2 is 0.792 bits per heavy atom. The molecule has 0 N–H and O–H groups in total. The number of hydrogen-bond acceptors (Lipinski definition) is 16. The Bertz CT molecular complexity index is 7260. The first kappa shape index (κ1) is 90.5. The highest BCUT2D eigenvalue weighted by molar-refractivity contribution is 7.91. The summed E-state index contributed by atoms with van der Waals surface area (Å²) in [7, 11) is -14.8. The average molecular weight is 1780 g/mol. The fraction of sp³-hybridized carbons (Fsp3) is 0.250. The van der Waals surface area contributed by atoms with Crippen LogP contribution in [0.15, 0.2) is 269 Å². The predicted molar refractivity (Wildman–Crippen MR) is 486 cm³/mol. The van der Waals surface area contributed by atoms with Gasteiger partial charge in [-0.1, -0.05) is 155 Å².